The van der Waals surface area contributed by atoms with Crippen molar-refractivity contribution in [3.05, 3.63) is 64.8 Å². The Balaban J connectivity index is 1.53. The van der Waals surface area contributed by atoms with E-state index in [1.807, 2.05) is 6.07 Å². The molecule has 1 saturated carbocycles. The van der Waals surface area contributed by atoms with Crippen LogP contribution in [0.25, 0.3) is 10.9 Å². The van der Waals surface area contributed by atoms with Gasteiger partial charge in [0.25, 0.3) is 5.91 Å². The highest BCUT2D eigenvalue weighted by atomic mass is 19.4. The number of rotatable bonds is 5. The van der Waals surface area contributed by atoms with Crippen molar-refractivity contribution in [2.24, 2.45) is 5.92 Å². The largest absolute Gasteiger partial charge is 0.481 e. The minimum absolute atomic E-state index is 0.119. The SMILES string of the molecule is O=C(NC1CCC(C(=O)O)CC1)c1n[nH]c2cccc(Cc3ccc(C(F)(F)F)cc3)c12. The van der Waals surface area contributed by atoms with Crippen LogP contribution in [0.5, 0.6) is 0 Å². The van der Waals surface area contributed by atoms with Crippen molar-refractivity contribution in [3.8, 4) is 0 Å². The number of carboxylic acids is 1. The molecule has 1 aromatic heterocycles. The van der Waals surface area contributed by atoms with Crippen LogP contribution in [0.4, 0.5) is 13.2 Å². The van der Waals surface area contributed by atoms with E-state index in [2.05, 4.69) is 15.5 Å². The van der Waals surface area contributed by atoms with Gasteiger partial charge in [-0.3, -0.25) is 14.7 Å². The Labute approximate surface area is 181 Å². The first-order valence-corrected chi connectivity index (χ1v) is 10.4. The van der Waals surface area contributed by atoms with Gasteiger partial charge >= 0.3 is 12.1 Å². The molecular weight excluding hydrogens is 423 g/mol. The molecule has 0 unspecified atom stereocenters. The van der Waals surface area contributed by atoms with E-state index in [9.17, 15) is 22.8 Å². The maximum Gasteiger partial charge on any atom is 0.416 e. The topological polar surface area (TPSA) is 95.1 Å². The van der Waals surface area contributed by atoms with E-state index >= 15 is 0 Å². The summed E-state index contributed by atoms with van der Waals surface area (Å²) in [6.45, 7) is 0. The molecule has 9 heteroatoms. The molecule has 1 aliphatic rings. The molecule has 3 N–H and O–H groups in total. The predicted octanol–water partition coefficient (Wildman–Crippen LogP) is 4.55. The van der Waals surface area contributed by atoms with E-state index < -0.39 is 17.7 Å². The van der Waals surface area contributed by atoms with E-state index in [4.69, 9.17) is 5.11 Å². The van der Waals surface area contributed by atoms with E-state index in [0.29, 0.717) is 48.6 Å². The third-order valence-corrected chi connectivity index (χ3v) is 5.98. The highest BCUT2D eigenvalue weighted by Gasteiger charge is 2.30. The number of carbonyl (C=O) groups excluding carboxylic acids is 1. The second kappa shape index (κ2) is 8.64. The van der Waals surface area contributed by atoms with Gasteiger partial charge in [0.1, 0.15) is 0 Å². The van der Waals surface area contributed by atoms with Gasteiger partial charge in [-0.25, -0.2) is 0 Å². The van der Waals surface area contributed by atoms with Gasteiger partial charge in [-0.2, -0.15) is 18.3 Å². The van der Waals surface area contributed by atoms with Crippen LogP contribution < -0.4 is 5.32 Å². The number of aromatic amines is 1. The Morgan fingerprint density at radius 1 is 1.06 bits per heavy atom. The molecule has 0 saturated heterocycles. The number of nitrogens with zero attached hydrogens (tertiary/aromatic N) is 1. The maximum absolute atomic E-state index is 12.9. The number of fused-ring (bicyclic) bond motifs is 1. The number of nitrogens with one attached hydrogen (secondary N) is 2. The molecule has 4 rings (SSSR count). The minimum atomic E-state index is -4.39. The number of aromatic nitrogens is 2. The quantitative estimate of drug-likeness (QED) is 0.537. The fourth-order valence-electron chi connectivity index (χ4n) is 4.23. The number of alkyl halides is 3. The Bertz CT molecular complexity index is 1130. The van der Waals surface area contributed by atoms with Crippen molar-refractivity contribution in [2.75, 3.05) is 0 Å². The number of halogens is 3. The highest BCUT2D eigenvalue weighted by molar-refractivity contribution is 6.06. The lowest BCUT2D eigenvalue weighted by Gasteiger charge is -2.26. The fourth-order valence-corrected chi connectivity index (χ4v) is 4.23. The summed E-state index contributed by atoms with van der Waals surface area (Å²) in [5.41, 5.74) is 1.64. The number of aliphatic carboxylic acids is 1. The molecule has 3 aromatic rings. The second-order valence-electron chi connectivity index (χ2n) is 8.14. The van der Waals surface area contributed by atoms with Crippen molar-refractivity contribution < 1.29 is 27.9 Å². The molecule has 32 heavy (non-hydrogen) atoms. The van der Waals surface area contributed by atoms with Gasteiger partial charge in [0, 0.05) is 11.4 Å². The van der Waals surface area contributed by atoms with Gasteiger partial charge < -0.3 is 10.4 Å². The normalized spacial score (nSPS) is 19.1. The lowest BCUT2D eigenvalue weighted by molar-refractivity contribution is -0.143. The van der Waals surface area contributed by atoms with Crippen LogP contribution in [0, 0.1) is 5.92 Å². The van der Waals surface area contributed by atoms with Gasteiger partial charge in [-0.1, -0.05) is 24.3 Å². The molecule has 0 atom stereocenters. The molecule has 1 fully saturated rings. The Hall–Kier alpha value is -3.36. The summed E-state index contributed by atoms with van der Waals surface area (Å²) in [5, 5.41) is 19.7. The summed E-state index contributed by atoms with van der Waals surface area (Å²) in [6, 6.07) is 10.3. The molecule has 1 aliphatic carbocycles. The van der Waals surface area contributed by atoms with Gasteiger partial charge in [-0.05, 0) is 61.4 Å². The van der Waals surface area contributed by atoms with Crippen LogP contribution >= 0.6 is 0 Å². The standard InChI is InChI=1S/C23H22F3N3O3/c24-23(25,26)16-8-4-13(5-9-16)12-15-2-1-3-18-19(15)20(29-28-18)21(30)27-17-10-6-14(7-11-17)22(31)32/h1-5,8-9,14,17H,6-7,10-12H2,(H,27,30)(H,28,29)(H,31,32). The number of H-pyrrole nitrogens is 1. The van der Waals surface area contributed by atoms with Crippen molar-refractivity contribution in [3.63, 3.8) is 0 Å². The van der Waals surface area contributed by atoms with Crippen LogP contribution in [0.3, 0.4) is 0 Å². The third kappa shape index (κ3) is 4.61. The van der Waals surface area contributed by atoms with Gasteiger partial charge in [0.15, 0.2) is 5.69 Å². The summed E-state index contributed by atoms with van der Waals surface area (Å²) >= 11 is 0. The first-order chi connectivity index (χ1) is 15.2. The first kappa shape index (κ1) is 21.9. The van der Waals surface area contributed by atoms with E-state index in [1.165, 1.54) is 12.1 Å². The van der Waals surface area contributed by atoms with Crippen molar-refractivity contribution in [1.29, 1.82) is 0 Å². The lowest BCUT2D eigenvalue weighted by atomic mass is 9.86. The Morgan fingerprint density at radius 2 is 1.75 bits per heavy atom. The number of benzene rings is 2. The number of carbonyl (C=O) groups is 2. The Kier molecular flexibility index (Phi) is 5.90. The summed E-state index contributed by atoms with van der Waals surface area (Å²) in [4.78, 5) is 24.0. The highest BCUT2D eigenvalue weighted by Crippen LogP contribution is 2.30. The molecule has 6 nitrogen and oxygen atoms in total. The van der Waals surface area contributed by atoms with Gasteiger partial charge in [0.05, 0.1) is 17.0 Å². The van der Waals surface area contributed by atoms with Crippen LogP contribution in [0.2, 0.25) is 0 Å². The minimum Gasteiger partial charge on any atom is -0.481 e. The number of amides is 1. The molecular formula is C23H22F3N3O3. The summed E-state index contributed by atoms with van der Waals surface area (Å²) < 4.78 is 38.5. The lowest BCUT2D eigenvalue weighted by Crippen LogP contribution is -2.39. The molecule has 0 bridgehead atoms. The summed E-state index contributed by atoms with van der Waals surface area (Å²) in [5.74, 6) is -1.53. The monoisotopic (exact) mass is 445 g/mol. The average molecular weight is 445 g/mol. The predicted molar refractivity (Wildman–Crippen MR) is 111 cm³/mol. The summed E-state index contributed by atoms with van der Waals surface area (Å²) in [7, 11) is 0. The molecule has 0 radical (unpaired) electrons. The van der Waals surface area contributed by atoms with Crippen LogP contribution in [-0.2, 0) is 17.4 Å². The zero-order valence-corrected chi connectivity index (χ0v) is 17.1. The zero-order valence-electron chi connectivity index (χ0n) is 17.1. The van der Waals surface area contributed by atoms with Crippen LogP contribution in [0.1, 0.15) is 52.9 Å². The van der Waals surface area contributed by atoms with Crippen molar-refractivity contribution in [1.82, 2.24) is 15.5 Å². The molecule has 0 aliphatic heterocycles. The maximum atomic E-state index is 12.9. The molecule has 1 heterocycles. The van der Waals surface area contributed by atoms with Gasteiger partial charge in [0.2, 0.25) is 0 Å². The van der Waals surface area contributed by atoms with Crippen molar-refractivity contribution in [2.45, 2.75) is 44.3 Å². The van der Waals surface area contributed by atoms with Crippen LogP contribution in [0.15, 0.2) is 42.5 Å². The first-order valence-electron chi connectivity index (χ1n) is 10.4. The zero-order chi connectivity index (χ0) is 22.9. The number of carboxylic acid groups (broad SMARTS) is 1. The molecule has 1 amide bonds. The average Bonchev–Trinajstić information content (AvgIpc) is 3.19. The smallest absolute Gasteiger partial charge is 0.416 e. The van der Waals surface area contributed by atoms with Gasteiger partial charge in [-0.15, -0.1) is 0 Å². The summed E-state index contributed by atoms with van der Waals surface area (Å²) in [6.07, 6.45) is -1.84. The molecule has 2 aromatic carbocycles. The molecule has 168 valence electrons. The molecule has 0 spiro atoms. The number of hydrogen-bond acceptors (Lipinski definition) is 3. The van der Waals surface area contributed by atoms with Crippen molar-refractivity contribution >= 4 is 22.8 Å². The van der Waals surface area contributed by atoms with E-state index in [-0.39, 0.29) is 23.6 Å². The second-order valence-corrected chi connectivity index (χ2v) is 8.14. The van der Waals surface area contributed by atoms with Crippen LogP contribution in [-0.4, -0.2) is 33.2 Å². The fraction of sp³-hybridized carbons (Fsp3) is 0.348. The Morgan fingerprint density at radius 3 is 2.38 bits per heavy atom. The third-order valence-electron chi connectivity index (χ3n) is 5.98. The van der Waals surface area contributed by atoms with E-state index in [1.54, 1.807) is 12.1 Å². The number of hydrogen-bond donors (Lipinski definition) is 3. The van der Waals surface area contributed by atoms with E-state index in [0.717, 1.165) is 17.7 Å².